The van der Waals surface area contributed by atoms with Crippen LogP contribution in [-0.4, -0.2) is 15.3 Å². The lowest BCUT2D eigenvalue weighted by Crippen LogP contribution is -2.11. The highest BCUT2D eigenvalue weighted by Gasteiger charge is 2.03. The highest BCUT2D eigenvalue weighted by molar-refractivity contribution is 5.80. The van der Waals surface area contributed by atoms with E-state index >= 15 is 0 Å². The minimum absolute atomic E-state index is 0.194. The van der Waals surface area contributed by atoms with Gasteiger partial charge in [0.05, 0.1) is 12.9 Å². The van der Waals surface area contributed by atoms with Crippen molar-refractivity contribution >= 4 is 5.78 Å². The largest absolute Gasteiger partial charge is 0.330 e. The molecule has 0 amide bonds. The van der Waals surface area contributed by atoms with Crippen molar-refractivity contribution in [2.45, 2.75) is 13.0 Å². The van der Waals surface area contributed by atoms with Gasteiger partial charge >= 0.3 is 0 Å². The third-order valence-electron chi connectivity index (χ3n) is 2.16. The van der Waals surface area contributed by atoms with Crippen LogP contribution in [-0.2, 0) is 17.8 Å². The van der Waals surface area contributed by atoms with Crippen LogP contribution in [0.25, 0.3) is 0 Å². The van der Waals surface area contributed by atoms with Crippen molar-refractivity contribution in [1.29, 1.82) is 0 Å². The van der Waals surface area contributed by atoms with Gasteiger partial charge in [-0.3, -0.25) is 4.79 Å². The predicted molar refractivity (Wildman–Crippen MR) is 57.4 cm³/mol. The molecule has 0 aliphatic rings. The number of Topliss-reactive ketones (excluding diaryl/α,β-unsaturated/α-hetero) is 1. The van der Waals surface area contributed by atoms with E-state index < -0.39 is 0 Å². The summed E-state index contributed by atoms with van der Waals surface area (Å²) in [7, 11) is 0. The molecule has 1 aromatic carbocycles. The number of hydrogen-bond donors (Lipinski definition) is 0. The van der Waals surface area contributed by atoms with Crippen molar-refractivity contribution in [2.24, 2.45) is 0 Å². The maximum Gasteiger partial charge on any atom is 0.156 e. The molecule has 2 aromatic rings. The number of nitrogens with zero attached hydrogens (tertiary/aromatic N) is 2. The van der Waals surface area contributed by atoms with E-state index in [1.165, 1.54) is 0 Å². The summed E-state index contributed by atoms with van der Waals surface area (Å²) in [6.45, 7) is 0.398. The summed E-state index contributed by atoms with van der Waals surface area (Å²) in [5.41, 5.74) is 1.06. The lowest BCUT2D eigenvalue weighted by molar-refractivity contribution is -0.119. The molecule has 1 aromatic heterocycles. The van der Waals surface area contributed by atoms with Gasteiger partial charge in [0.2, 0.25) is 0 Å². The summed E-state index contributed by atoms with van der Waals surface area (Å²) in [6, 6.07) is 9.76. The molecule has 0 fully saturated rings. The highest BCUT2D eigenvalue weighted by Crippen LogP contribution is 2.01. The van der Waals surface area contributed by atoms with E-state index in [9.17, 15) is 4.79 Å². The summed E-state index contributed by atoms with van der Waals surface area (Å²) in [4.78, 5) is 15.5. The summed E-state index contributed by atoms with van der Waals surface area (Å²) in [6.07, 6.45) is 5.61. The SMILES string of the molecule is O=C(Cc1ccccc1)Cn1ccnc1. The topological polar surface area (TPSA) is 34.9 Å². The molecule has 0 aliphatic heterocycles. The van der Waals surface area contributed by atoms with E-state index in [0.717, 1.165) is 5.56 Å². The first-order valence-electron chi connectivity index (χ1n) is 4.86. The van der Waals surface area contributed by atoms with Crippen LogP contribution in [0.1, 0.15) is 5.56 Å². The molecule has 0 N–H and O–H groups in total. The number of carbonyl (C=O) groups is 1. The van der Waals surface area contributed by atoms with Crippen molar-refractivity contribution < 1.29 is 4.79 Å². The quantitative estimate of drug-likeness (QED) is 0.752. The van der Waals surface area contributed by atoms with Crippen LogP contribution >= 0.6 is 0 Å². The van der Waals surface area contributed by atoms with Gasteiger partial charge in [0.1, 0.15) is 0 Å². The van der Waals surface area contributed by atoms with Crippen molar-refractivity contribution in [2.75, 3.05) is 0 Å². The fraction of sp³-hybridized carbons (Fsp3) is 0.167. The average Bonchev–Trinajstić information content (AvgIpc) is 2.71. The molecule has 0 atom stereocenters. The number of imidazole rings is 1. The summed E-state index contributed by atoms with van der Waals surface area (Å²) >= 11 is 0. The fourth-order valence-electron chi connectivity index (χ4n) is 1.46. The molecule has 0 unspecified atom stereocenters. The molecule has 0 bridgehead atoms. The zero-order valence-corrected chi connectivity index (χ0v) is 8.34. The van der Waals surface area contributed by atoms with Gasteiger partial charge in [-0.05, 0) is 5.56 Å². The van der Waals surface area contributed by atoms with E-state index in [0.29, 0.717) is 13.0 Å². The van der Waals surface area contributed by atoms with Gasteiger partial charge in [0, 0.05) is 18.8 Å². The van der Waals surface area contributed by atoms with Crippen molar-refractivity contribution in [3.63, 3.8) is 0 Å². The molecular weight excluding hydrogens is 188 g/mol. The molecule has 0 aliphatic carbocycles. The molecule has 15 heavy (non-hydrogen) atoms. The minimum atomic E-state index is 0.194. The van der Waals surface area contributed by atoms with Gasteiger partial charge in [0.15, 0.2) is 5.78 Å². The number of hydrogen-bond acceptors (Lipinski definition) is 2. The second-order valence-corrected chi connectivity index (χ2v) is 3.44. The minimum Gasteiger partial charge on any atom is -0.330 e. The molecule has 0 saturated carbocycles. The van der Waals surface area contributed by atoms with Crippen LogP contribution in [0.2, 0.25) is 0 Å². The molecular formula is C12H12N2O. The second kappa shape index (κ2) is 4.55. The lowest BCUT2D eigenvalue weighted by atomic mass is 10.1. The zero-order valence-electron chi connectivity index (χ0n) is 8.34. The van der Waals surface area contributed by atoms with E-state index in [4.69, 9.17) is 0 Å². The Balaban J connectivity index is 1.94. The Morgan fingerprint density at radius 3 is 2.73 bits per heavy atom. The van der Waals surface area contributed by atoms with E-state index in [1.54, 1.807) is 23.3 Å². The molecule has 3 nitrogen and oxygen atoms in total. The first-order chi connectivity index (χ1) is 7.34. The maximum atomic E-state index is 11.6. The van der Waals surface area contributed by atoms with Crippen LogP contribution in [0.5, 0.6) is 0 Å². The lowest BCUT2D eigenvalue weighted by Gasteiger charge is -2.01. The van der Waals surface area contributed by atoms with Gasteiger partial charge < -0.3 is 4.57 Å². The highest BCUT2D eigenvalue weighted by atomic mass is 16.1. The van der Waals surface area contributed by atoms with Crippen LogP contribution < -0.4 is 0 Å². The number of rotatable bonds is 4. The maximum absolute atomic E-state index is 11.6. The fourth-order valence-corrected chi connectivity index (χ4v) is 1.46. The van der Waals surface area contributed by atoms with Crippen molar-refractivity contribution in [1.82, 2.24) is 9.55 Å². The van der Waals surface area contributed by atoms with Crippen LogP contribution in [0.15, 0.2) is 49.1 Å². The van der Waals surface area contributed by atoms with Crippen LogP contribution in [0, 0.1) is 0 Å². The van der Waals surface area contributed by atoms with Crippen molar-refractivity contribution in [3.05, 3.63) is 54.6 Å². The van der Waals surface area contributed by atoms with Crippen LogP contribution in [0.3, 0.4) is 0 Å². The normalized spacial score (nSPS) is 10.1. The zero-order chi connectivity index (χ0) is 10.5. The summed E-state index contributed by atoms with van der Waals surface area (Å²) < 4.78 is 1.78. The smallest absolute Gasteiger partial charge is 0.156 e. The first kappa shape index (κ1) is 9.65. The van der Waals surface area contributed by atoms with E-state index in [-0.39, 0.29) is 5.78 Å². The van der Waals surface area contributed by atoms with Crippen LogP contribution in [0.4, 0.5) is 0 Å². The molecule has 3 heteroatoms. The molecule has 2 rings (SSSR count). The Bertz CT molecular complexity index is 420. The number of carbonyl (C=O) groups excluding carboxylic acids is 1. The van der Waals surface area contributed by atoms with Gasteiger partial charge in [-0.2, -0.15) is 0 Å². The standard InChI is InChI=1S/C12H12N2O/c15-12(9-14-7-6-13-10-14)8-11-4-2-1-3-5-11/h1-7,10H,8-9H2. The van der Waals surface area contributed by atoms with Crippen molar-refractivity contribution in [3.8, 4) is 0 Å². The average molecular weight is 200 g/mol. The second-order valence-electron chi connectivity index (χ2n) is 3.44. The van der Waals surface area contributed by atoms with Gasteiger partial charge in [-0.15, -0.1) is 0 Å². The van der Waals surface area contributed by atoms with E-state index in [1.807, 2.05) is 30.3 Å². The Morgan fingerprint density at radius 2 is 2.07 bits per heavy atom. The third-order valence-corrected chi connectivity index (χ3v) is 2.16. The van der Waals surface area contributed by atoms with Gasteiger partial charge in [-0.1, -0.05) is 30.3 Å². The summed E-state index contributed by atoms with van der Waals surface area (Å²) in [5, 5.41) is 0. The Labute approximate surface area is 88.4 Å². The molecule has 0 spiro atoms. The summed E-state index contributed by atoms with van der Waals surface area (Å²) in [5.74, 6) is 0.194. The predicted octanol–water partition coefficient (Wildman–Crippen LogP) is 1.69. The molecule has 0 radical (unpaired) electrons. The molecule has 76 valence electrons. The Morgan fingerprint density at radius 1 is 1.27 bits per heavy atom. The first-order valence-corrected chi connectivity index (χ1v) is 4.86. The van der Waals surface area contributed by atoms with Gasteiger partial charge in [0.25, 0.3) is 0 Å². The van der Waals surface area contributed by atoms with E-state index in [2.05, 4.69) is 4.98 Å². The number of aromatic nitrogens is 2. The monoisotopic (exact) mass is 200 g/mol. The Hall–Kier alpha value is -1.90. The third kappa shape index (κ3) is 2.77. The number of benzene rings is 1. The van der Waals surface area contributed by atoms with Gasteiger partial charge in [-0.25, -0.2) is 4.98 Å². The molecule has 0 saturated heterocycles. The Kier molecular flexibility index (Phi) is 2.93. The number of ketones is 1. The molecule has 1 heterocycles.